The monoisotopic (exact) mass is 432 g/mol. The largest absolute Gasteiger partial charge is 0.356 e. The fraction of sp³-hybridized carbons (Fsp3) is 0.500. The zero-order valence-electron chi connectivity index (χ0n) is 18.4. The summed E-state index contributed by atoms with van der Waals surface area (Å²) in [6.07, 6.45) is 17.3. The van der Waals surface area contributed by atoms with E-state index in [4.69, 9.17) is 4.74 Å². The fourth-order valence-corrected chi connectivity index (χ4v) is 5.61. The molecule has 3 saturated heterocycles. The fourth-order valence-electron chi connectivity index (χ4n) is 5.61. The van der Waals surface area contributed by atoms with E-state index >= 15 is 0 Å². The van der Waals surface area contributed by atoms with E-state index in [9.17, 15) is 4.79 Å². The molecule has 8 heteroatoms. The lowest BCUT2D eigenvalue weighted by Gasteiger charge is -2.38. The van der Waals surface area contributed by atoms with Crippen LogP contribution in [0.1, 0.15) is 44.3 Å². The Morgan fingerprint density at radius 2 is 1.94 bits per heavy atom. The normalized spacial score (nSPS) is 26.7. The van der Waals surface area contributed by atoms with Gasteiger partial charge in [0.25, 0.3) is 5.91 Å². The predicted octanol–water partition coefficient (Wildman–Crippen LogP) is 2.93. The van der Waals surface area contributed by atoms with Gasteiger partial charge in [0, 0.05) is 44.4 Å². The minimum absolute atomic E-state index is 0.0786. The lowest BCUT2D eigenvalue weighted by Crippen LogP contribution is -2.51. The molecule has 32 heavy (non-hydrogen) atoms. The molecule has 0 N–H and O–H groups in total. The van der Waals surface area contributed by atoms with E-state index in [1.807, 2.05) is 28.7 Å². The number of anilines is 1. The van der Waals surface area contributed by atoms with Crippen LogP contribution in [0, 0.1) is 6.92 Å². The van der Waals surface area contributed by atoms with Crippen molar-refractivity contribution in [3.05, 3.63) is 54.4 Å². The number of hydrogen-bond donors (Lipinski definition) is 0. The zero-order valence-corrected chi connectivity index (χ0v) is 18.4. The Hall–Kier alpha value is -3.00. The number of hydrogen-bond acceptors (Lipinski definition) is 6. The summed E-state index contributed by atoms with van der Waals surface area (Å²) >= 11 is 0. The van der Waals surface area contributed by atoms with Gasteiger partial charge in [-0.3, -0.25) is 9.36 Å². The highest BCUT2D eigenvalue weighted by Crippen LogP contribution is 2.45. The van der Waals surface area contributed by atoms with Crippen LogP contribution in [0.2, 0.25) is 0 Å². The summed E-state index contributed by atoms with van der Waals surface area (Å²) in [6, 6.07) is 2.16. The first kappa shape index (κ1) is 19.7. The van der Waals surface area contributed by atoms with Crippen LogP contribution in [0.5, 0.6) is 0 Å². The number of piperidine rings is 1. The van der Waals surface area contributed by atoms with Crippen LogP contribution in [-0.2, 0) is 9.53 Å². The number of rotatable bonds is 3. The number of carbonyl (C=O) groups is 1. The highest BCUT2D eigenvalue weighted by molar-refractivity contribution is 5.88. The summed E-state index contributed by atoms with van der Waals surface area (Å²) in [5.41, 5.74) is 0.601. The summed E-state index contributed by atoms with van der Waals surface area (Å²) in [6.45, 7) is 3.42. The lowest BCUT2D eigenvalue weighted by molar-refractivity contribution is -0.140. The minimum Gasteiger partial charge on any atom is -0.356 e. The van der Waals surface area contributed by atoms with E-state index in [0.717, 1.165) is 56.2 Å². The Balaban J connectivity index is 1.18. The number of ether oxygens (including phenoxy) is 1. The molecule has 3 aliphatic heterocycles. The third-order valence-electron chi connectivity index (χ3n) is 7.33. The summed E-state index contributed by atoms with van der Waals surface area (Å²) < 4.78 is 8.43. The molecule has 6 rings (SSSR count). The molecule has 0 bridgehead atoms. The number of aromatic nitrogens is 4. The molecule has 0 unspecified atom stereocenters. The van der Waals surface area contributed by atoms with Gasteiger partial charge in [-0.2, -0.15) is 0 Å². The second-order valence-corrected chi connectivity index (χ2v) is 9.12. The van der Waals surface area contributed by atoms with E-state index in [1.54, 1.807) is 12.5 Å². The van der Waals surface area contributed by atoms with Crippen molar-refractivity contribution >= 4 is 11.7 Å². The number of amides is 1. The second kappa shape index (κ2) is 7.55. The molecule has 1 spiro atoms. The van der Waals surface area contributed by atoms with Gasteiger partial charge in [0.1, 0.15) is 30.0 Å². The molecule has 2 atom stereocenters. The molecule has 0 aromatic carbocycles. The van der Waals surface area contributed by atoms with Gasteiger partial charge in [-0.05, 0) is 38.2 Å². The quantitative estimate of drug-likeness (QED) is 0.742. The van der Waals surface area contributed by atoms with Crippen LogP contribution >= 0.6 is 0 Å². The van der Waals surface area contributed by atoms with Gasteiger partial charge < -0.3 is 14.5 Å². The van der Waals surface area contributed by atoms with Crippen LogP contribution in [-0.4, -0.2) is 61.3 Å². The molecular formula is C24H28N6O2. The Labute approximate surface area is 187 Å². The topological polar surface area (TPSA) is 76.4 Å². The van der Waals surface area contributed by atoms with Crippen LogP contribution in [0.3, 0.4) is 0 Å². The minimum atomic E-state index is -0.685. The highest BCUT2D eigenvalue weighted by atomic mass is 16.6. The van der Waals surface area contributed by atoms with Crippen molar-refractivity contribution in [1.82, 2.24) is 24.4 Å². The number of allylic oxidation sites excluding steroid dienone is 2. The lowest BCUT2D eigenvalue weighted by atomic mass is 9.89. The Morgan fingerprint density at radius 3 is 2.69 bits per heavy atom. The average molecular weight is 433 g/mol. The average Bonchev–Trinajstić information content (AvgIpc) is 3.51. The maximum absolute atomic E-state index is 13.6. The summed E-state index contributed by atoms with van der Waals surface area (Å²) in [4.78, 5) is 31.1. The van der Waals surface area contributed by atoms with Crippen LogP contribution in [0.15, 0.2) is 48.6 Å². The molecule has 0 saturated carbocycles. The summed E-state index contributed by atoms with van der Waals surface area (Å²) in [5, 5.41) is 0. The van der Waals surface area contributed by atoms with Crippen LogP contribution in [0.25, 0.3) is 5.82 Å². The molecule has 166 valence electrons. The van der Waals surface area contributed by atoms with Crippen molar-refractivity contribution in [1.29, 1.82) is 0 Å². The number of fused-ring (bicyclic) bond motifs is 1. The molecule has 2 aromatic rings. The standard InChI is InChI=1S/C24H28N6O2/c1-17-25-11-14-29(17)21-15-20(26-16-27-21)28-12-9-24(10-13-28)23(31)30-19(7-8-22(30)32-24)18-5-3-2-4-6-18/h3,5-6,11,14-16,19,22H,2,4,7-10,12-13H2,1H3/t19-,22+/m0/s1. The van der Waals surface area contributed by atoms with E-state index < -0.39 is 5.60 Å². The first-order valence-electron chi connectivity index (χ1n) is 11.6. The summed E-state index contributed by atoms with van der Waals surface area (Å²) in [7, 11) is 0. The molecule has 1 aliphatic carbocycles. The SMILES string of the molecule is Cc1nccn1-c1cc(N2CCC3(CC2)O[C@@H]2CC[C@@H](C4=CCCC=C4)N2C3=O)ncn1. The highest BCUT2D eigenvalue weighted by Gasteiger charge is 2.58. The molecule has 4 aliphatic rings. The number of imidazole rings is 1. The smallest absolute Gasteiger partial charge is 0.257 e. The van der Waals surface area contributed by atoms with E-state index in [-0.39, 0.29) is 18.2 Å². The van der Waals surface area contributed by atoms with Gasteiger partial charge in [0.2, 0.25) is 0 Å². The molecule has 2 aromatic heterocycles. The maximum atomic E-state index is 13.6. The molecular weight excluding hydrogens is 404 g/mol. The molecule has 3 fully saturated rings. The Kier molecular flexibility index (Phi) is 4.64. The first-order chi connectivity index (χ1) is 15.6. The molecule has 0 radical (unpaired) electrons. The first-order valence-corrected chi connectivity index (χ1v) is 11.6. The Morgan fingerprint density at radius 1 is 1.09 bits per heavy atom. The van der Waals surface area contributed by atoms with Gasteiger partial charge >= 0.3 is 0 Å². The van der Waals surface area contributed by atoms with E-state index in [0.29, 0.717) is 12.8 Å². The van der Waals surface area contributed by atoms with Gasteiger partial charge in [0.15, 0.2) is 5.60 Å². The van der Waals surface area contributed by atoms with Crippen molar-refractivity contribution in [3.8, 4) is 5.82 Å². The van der Waals surface area contributed by atoms with Crippen molar-refractivity contribution in [3.63, 3.8) is 0 Å². The van der Waals surface area contributed by atoms with Gasteiger partial charge in [-0.15, -0.1) is 0 Å². The predicted molar refractivity (Wildman–Crippen MR) is 119 cm³/mol. The van der Waals surface area contributed by atoms with Crippen molar-refractivity contribution in [2.24, 2.45) is 0 Å². The van der Waals surface area contributed by atoms with Crippen LogP contribution < -0.4 is 4.90 Å². The van der Waals surface area contributed by atoms with E-state index in [2.05, 4.69) is 38.1 Å². The third kappa shape index (κ3) is 3.08. The number of carbonyl (C=O) groups excluding carboxylic acids is 1. The van der Waals surface area contributed by atoms with Crippen LogP contribution in [0.4, 0.5) is 5.82 Å². The van der Waals surface area contributed by atoms with Crippen molar-refractivity contribution in [2.45, 2.75) is 63.3 Å². The van der Waals surface area contributed by atoms with Crippen molar-refractivity contribution in [2.75, 3.05) is 18.0 Å². The van der Waals surface area contributed by atoms with Gasteiger partial charge in [-0.1, -0.05) is 18.2 Å². The third-order valence-corrected chi connectivity index (χ3v) is 7.33. The summed E-state index contributed by atoms with van der Waals surface area (Å²) in [5.74, 6) is 2.74. The second-order valence-electron chi connectivity index (χ2n) is 9.12. The number of nitrogens with zero attached hydrogens (tertiary/aromatic N) is 6. The maximum Gasteiger partial charge on any atom is 0.257 e. The Bertz CT molecular complexity index is 1100. The zero-order chi connectivity index (χ0) is 21.7. The van der Waals surface area contributed by atoms with Gasteiger partial charge in [-0.25, -0.2) is 15.0 Å². The van der Waals surface area contributed by atoms with Crippen molar-refractivity contribution < 1.29 is 9.53 Å². The molecule has 5 heterocycles. The molecule has 8 nitrogen and oxygen atoms in total. The van der Waals surface area contributed by atoms with E-state index in [1.165, 1.54) is 5.57 Å². The molecule has 1 amide bonds. The number of aryl methyl sites for hydroxylation is 1. The van der Waals surface area contributed by atoms with Gasteiger partial charge in [0.05, 0.1) is 6.04 Å².